The summed E-state index contributed by atoms with van der Waals surface area (Å²) in [7, 11) is 2.65. The van der Waals surface area contributed by atoms with E-state index in [0.717, 1.165) is 12.7 Å². The van der Waals surface area contributed by atoms with E-state index >= 15 is 0 Å². The molecular formula is C16H20F3NO4. The average molecular weight is 347 g/mol. The molecule has 0 heterocycles. The Hall–Kier alpha value is -2.25. The van der Waals surface area contributed by atoms with Gasteiger partial charge >= 0.3 is 18.1 Å². The first-order valence-corrected chi connectivity index (χ1v) is 7.26. The molecular weight excluding hydrogens is 327 g/mol. The molecule has 24 heavy (non-hydrogen) atoms. The first-order chi connectivity index (χ1) is 11.2. The number of halogens is 3. The molecule has 0 radical (unpaired) electrons. The van der Waals surface area contributed by atoms with E-state index in [-0.39, 0.29) is 19.5 Å². The van der Waals surface area contributed by atoms with Crippen LogP contribution in [0.3, 0.4) is 0 Å². The Morgan fingerprint density at radius 3 is 2.21 bits per heavy atom. The molecule has 134 valence electrons. The highest BCUT2D eigenvalue weighted by molar-refractivity contribution is 5.82. The van der Waals surface area contributed by atoms with Gasteiger partial charge in [-0.3, -0.25) is 9.59 Å². The summed E-state index contributed by atoms with van der Waals surface area (Å²) in [5, 5.41) is 0. The normalized spacial score (nSPS) is 12.4. The van der Waals surface area contributed by atoms with E-state index in [9.17, 15) is 22.8 Å². The Labute approximate surface area is 138 Å². The molecule has 1 aromatic rings. The number of alkyl halides is 3. The van der Waals surface area contributed by atoms with Gasteiger partial charge in [0.25, 0.3) is 0 Å². The molecule has 0 bridgehead atoms. The fraction of sp³-hybridized carbons (Fsp3) is 0.500. The van der Waals surface area contributed by atoms with Crippen LogP contribution in [0.1, 0.15) is 12.5 Å². The molecule has 5 nitrogen and oxygen atoms in total. The van der Waals surface area contributed by atoms with E-state index in [4.69, 9.17) is 4.74 Å². The molecule has 0 N–H and O–H groups in total. The van der Waals surface area contributed by atoms with Crippen molar-refractivity contribution in [2.75, 3.05) is 27.3 Å². The Balaban J connectivity index is 2.80. The zero-order valence-electron chi connectivity index (χ0n) is 13.7. The van der Waals surface area contributed by atoms with E-state index in [2.05, 4.69) is 4.74 Å². The highest BCUT2D eigenvalue weighted by Crippen LogP contribution is 2.20. The summed E-state index contributed by atoms with van der Waals surface area (Å²) >= 11 is 0. The second kappa shape index (κ2) is 8.56. The molecule has 0 aliphatic carbocycles. The van der Waals surface area contributed by atoms with Crippen molar-refractivity contribution in [1.29, 1.82) is 0 Å². The monoisotopic (exact) mass is 347 g/mol. The zero-order chi connectivity index (χ0) is 18.3. The Morgan fingerprint density at radius 2 is 1.75 bits per heavy atom. The second-order valence-electron chi connectivity index (χ2n) is 5.27. The van der Waals surface area contributed by atoms with Crippen LogP contribution < -0.4 is 4.74 Å². The van der Waals surface area contributed by atoms with Crippen molar-refractivity contribution in [2.24, 2.45) is 5.92 Å². The number of hydrogen-bond donors (Lipinski definition) is 0. The van der Waals surface area contributed by atoms with Crippen LogP contribution in [0, 0.1) is 5.92 Å². The first kappa shape index (κ1) is 19.8. The maximum absolute atomic E-state index is 12.7. The summed E-state index contributed by atoms with van der Waals surface area (Å²) in [5.74, 6) is -2.86. The molecule has 0 aliphatic heterocycles. The van der Waals surface area contributed by atoms with Gasteiger partial charge in [-0.1, -0.05) is 19.1 Å². The number of benzene rings is 1. The van der Waals surface area contributed by atoms with Crippen molar-refractivity contribution in [3.63, 3.8) is 0 Å². The number of hydrogen-bond acceptors (Lipinski definition) is 4. The molecule has 1 rings (SSSR count). The van der Waals surface area contributed by atoms with E-state index in [1.165, 1.54) is 14.0 Å². The topological polar surface area (TPSA) is 55.8 Å². The van der Waals surface area contributed by atoms with Gasteiger partial charge in [0.15, 0.2) is 0 Å². The minimum atomic E-state index is -4.99. The summed E-state index contributed by atoms with van der Waals surface area (Å²) in [5.41, 5.74) is 0.751. The molecule has 0 aliphatic rings. The average Bonchev–Trinajstić information content (AvgIpc) is 2.56. The Morgan fingerprint density at radius 1 is 1.17 bits per heavy atom. The van der Waals surface area contributed by atoms with Gasteiger partial charge in [-0.15, -0.1) is 0 Å². The standard InChI is InChI=1S/C16H20F3NO4/c1-11(14(21)24-3)10-20(15(22)16(17,18)19)9-8-12-4-6-13(23-2)7-5-12/h4-7,11H,8-10H2,1-3H3. The summed E-state index contributed by atoms with van der Waals surface area (Å²) < 4.78 is 47.7. The second-order valence-corrected chi connectivity index (χ2v) is 5.27. The third-order valence-corrected chi connectivity index (χ3v) is 3.46. The van der Waals surface area contributed by atoms with E-state index in [1.807, 2.05) is 0 Å². The van der Waals surface area contributed by atoms with Crippen molar-refractivity contribution in [3.8, 4) is 5.75 Å². The third kappa shape index (κ3) is 5.75. The summed E-state index contributed by atoms with van der Waals surface area (Å²) in [6, 6.07) is 6.78. The predicted molar refractivity (Wildman–Crippen MR) is 80.5 cm³/mol. The summed E-state index contributed by atoms with van der Waals surface area (Å²) in [6.07, 6.45) is -4.77. The highest BCUT2D eigenvalue weighted by Gasteiger charge is 2.43. The Kier molecular flexibility index (Phi) is 7.06. The summed E-state index contributed by atoms with van der Waals surface area (Å²) in [6.45, 7) is 0.892. The SMILES string of the molecule is COC(=O)C(C)CN(CCc1ccc(OC)cc1)C(=O)C(F)(F)F. The number of rotatable bonds is 7. The van der Waals surface area contributed by atoms with Gasteiger partial charge < -0.3 is 14.4 Å². The maximum Gasteiger partial charge on any atom is 0.471 e. The third-order valence-electron chi connectivity index (χ3n) is 3.46. The van der Waals surface area contributed by atoms with Crippen LogP contribution in [0.25, 0.3) is 0 Å². The van der Waals surface area contributed by atoms with Crippen molar-refractivity contribution in [2.45, 2.75) is 19.5 Å². The molecule has 1 amide bonds. The lowest BCUT2D eigenvalue weighted by Gasteiger charge is -2.26. The molecule has 1 aromatic carbocycles. The quantitative estimate of drug-likeness (QED) is 0.711. The van der Waals surface area contributed by atoms with E-state index < -0.39 is 24.0 Å². The van der Waals surface area contributed by atoms with Crippen LogP contribution in [0.2, 0.25) is 0 Å². The van der Waals surface area contributed by atoms with Gasteiger partial charge in [0, 0.05) is 13.1 Å². The van der Waals surface area contributed by atoms with Crippen LogP contribution in [0.5, 0.6) is 5.75 Å². The maximum atomic E-state index is 12.7. The zero-order valence-corrected chi connectivity index (χ0v) is 13.7. The van der Waals surface area contributed by atoms with Crippen LogP contribution >= 0.6 is 0 Å². The number of esters is 1. The molecule has 0 aromatic heterocycles. The fourth-order valence-electron chi connectivity index (χ4n) is 2.12. The van der Waals surface area contributed by atoms with Crippen molar-refractivity contribution >= 4 is 11.9 Å². The molecule has 0 spiro atoms. The van der Waals surface area contributed by atoms with E-state index in [0.29, 0.717) is 10.6 Å². The number of nitrogens with zero attached hydrogens (tertiary/aromatic N) is 1. The molecule has 1 atom stereocenters. The molecule has 0 saturated heterocycles. The van der Waals surface area contributed by atoms with Crippen LogP contribution in [-0.4, -0.2) is 50.3 Å². The first-order valence-electron chi connectivity index (χ1n) is 7.26. The lowest BCUT2D eigenvalue weighted by molar-refractivity contribution is -0.186. The van der Waals surface area contributed by atoms with E-state index in [1.54, 1.807) is 24.3 Å². The number of amides is 1. The lowest BCUT2D eigenvalue weighted by atomic mass is 10.1. The minimum absolute atomic E-state index is 0.161. The highest BCUT2D eigenvalue weighted by atomic mass is 19.4. The van der Waals surface area contributed by atoms with Crippen molar-refractivity contribution < 1.29 is 32.2 Å². The van der Waals surface area contributed by atoms with Crippen LogP contribution in [0.4, 0.5) is 13.2 Å². The van der Waals surface area contributed by atoms with Gasteiger partial charge in [0.2, 0.25) is 0 Å². The largest absolute Gasteiger partial charge is 0.497 e. The molecule has 1 unspecified atom stereocenters. The van der Waals surface area contributed by atoms with Gasteiger partial charge in [-0.05, 0) is 24.1 Å². The number of carbonyl (C=O) groups is 2. The molecule has 0 saturated carbocycles. The Bertz CT molecular complexity index is 557. The number of carbonyl (C=O) groups excluding carboxylic acids is 2. The molecule has 0 fully saturated rings. The van der Waals surface area contributed by atoms with Gasteiger partial charge in [-0.2, -0.15) is 13.2 Å². The molecule has 8 heteroatoms. The smallest absolute Gasteiger partial charge is 0.471 e. The van der Waals surface area contributed by atoms with Crippen LogP contribution in [0.15, 0.2) is 24.3 Å². The summed E-state index contributed by atoms with van der Waals surface area (Å²) in [4.78, 5) is 23.6. The number of methoxy groups -OCH3 is 2. The minimum Gasteiger partial charge on any atom is -0.497 e. The van der Waals surface area contributed by atoms with Gasteiger partial charge in [0.05, 0.1) is 20.1 Å². The van der Waals surface area contributed by atoms with Crippen molar-refractivity contribution in [1.82, 2.24) is 4.90 Å². The van der Waals surface area contributed by atoms with Gasteiger partial charge in [0.1, 0.15) is 5.75 Å². The lowest BCUT2D eigenvalue weighted by Crippen LogP contribution is -2.45. The number of ether oxygens (including phenoxy) is 2. The van der Waals surface area contributed by atoms with Crippen molar-refractivity contribution in [3.05, 3.63) is 29.8 Å². The van der Waals surface area contributed by atoms with Gasteiger partial charge in [-0.25, -0.2) is 0 Å². The van der Waals surface area contributed by atoms with Crippen LogP contribution in [-0.2, 0) is 20.7 Å². The fourth-order valence-corrected chi connectivity index (χ4v) is 2.12. The predicted octanol–water partition coefficient (Wildman–Crippen LogP) is 2.44.